The van der Waals surface area contributed by atoms with Crippen LogP contribution in [0.3, 0.4) is 0 Å². The molecule has 18 heavy (non-hydrogen) atoms. The fourth-order valence-electron chi connectivity index (χ4n) is 2.07. The first-order valence-corrected chi connectivity index (χ1v) is 7.12. The number of nitriles is 1. The minimum absolute atomic E-state index is 0.0845. The summed E-state index contributed by atoms with van der Waals surface area (Å²) in [6.45, 7) is 6.90. The summed E-state index contributed by atoms with van der Waals surface area (Å²) in [5.41, 5.74) is 1.33. The van der Waals surface area contributed by atoms with Crippen LogP contribution in [0.5, 0.6) is 0 Å². The molecule has 0 amide bonds. The highest BCUT2D eigenvalue weighted by Crippen LogP contribution is 2.18. The van der Waals surface area contributed by atoms with E-state index in [0.29, 0.717) is 5.92 Å². The monoisotopic (exact) mass is 262 g/mol. The first-order valence-electron chi connectivity index (χ1n) is 6.49. The van der Waals surface area contributed by atoms with Gasteiger partial charge in [0, 0.05) is 19.0 Å². The lowest BCUT2D eigenvalue weighted by molar-refractivity contribution is 0.257. The van der Waals surface area contributed by atoms with Crippen molar-refractivity contribution in [3.05, 3.63) is 35.9 Å². The molecule has 0 saturated heterocycles. The summed E-state index contributed by atoms with van der Waals surface area (Å²) in [4.78, 5) is 2.34. The van der Waals surface area contributed by atoms with Crippen LogP contribution >= 0.6 is 12.6 Å². The largest absolute Gasteiger partial charge is 0.302 e. The van der Waals surface area contributed by atoms with Crippen molar-refractivity contribution in [3.8, 4) is 6.07 Å². The van der Waals surface area contributed by atoms with Gasteiger partial charge in [-0.25, -0.2) is 0 Å². The molecule has 2 unspecified atom stereocenters. The maximum absolute atomic E-state index is 8.90. The van der Waals surface area contributed by atoms with Crippen molar-refractivity contribution in [3.63, 3.8) is 0 Å². The summed E-state index contributed by atoms with van der Waals surface area (Å²) < 4.78 is 0. The second kappa shape index (κ2) is 8.18. The van der Waals surface area contributed by atoms with Gasteiger partial charge in [-0.1, -0.05) is 37.3 Å². The summed E-state index contributed by atoms with van der Waals surface area (Å²) in [6, 6.07) is 12.8. The van der Waals surface area contributed by atoms with Crippen molar-refractivity contribution in [2.24, 2.45) is 5.92 Å². The summed E-state index contributed by atoms with van der Waals surface area (Å²) in [5.74, 6) is 1.35. The summed E-state index contributed by atoms with van der Waals surface area (Å²) in [7, 11) is 0. The molecule has 2 nitrogen and oxygen atoms in total. The van der Waals surface area contributed by atoms with E-state index in [0.717, 1.165) is 25.4 Å². The minimum Gasteiger partial charge on any atom is -0.302 e. The highest BCUT2D eigenvalue weighted by molar-refractivity contribution is 7.80. The summed E-state index contributed by atoms with van der Waals surface area (Å²) >= 11 is 4.46. The third-order valence-corrected chi connectivity index (χ3v) is 3.61. The van der Waals surface area contributed by atoms with E-state index in [1.54, 1.807) is 0 Å². The molecular weight excluding hydrogens is 240 g/mol. The van der Waals surface area contributed by atoms with E-state index in [1.807, 2.05) is 13.0 Å². The van der Waals surface area contributed by atoms with Gasteiger partial charge in [0.2, 0.25) is 0 Å². The van der Waals surface area contributed by atoms with E-state index >= 15 is 0 Å². The molecule has 0 fully saturated rings. The summed E-state index contributed by atoms with van der Waals surface area (Å²) in [6.07, 6.45) is 0. The van der Waals surface area contributed by atoms with Gasteiger partial charge >= 0.3 is 0 Å². The Bertz CT molecular complexity index is 372. The van der Waals surface area contributed by atoms with Gasteiger partial charge in [0.1, 0.15) is 0 Å². The lowest BCUT2D eigenvalue weighted by Gasteiger charge is -2.26. The number of benzene rings is 1. The van der Waals surface area contributed by atoms with Gasteiger partial charge in [0.25, 0.3) is 0 Å². The fraction of sp³-hybridized carbons (Fsp3) is 0.533. The third kappa shape index (κ3) is 4.72. The molecule has 0 aliphatic rings. The molecule has 2 atom stereocenters. The van der Waals surface area contributed by atoms with E-state index in [-0.39, 0.29) is 5.92 Å². The molecule has 0 aliphatic heterocycles. The second-order valence-electron chi connectivity index (χ2n) is 4.67. The molecule has 0 radical (unpaired) electrons. The highest BCUT2D eigenvalue weighted by atomic mass is 32.1. The average Bonchev–Trinajstić information content (AvgIpc) is 2.43. The molecule has 1 aromatic rings. The molecule has 0 aliphatic carbocycles. The van der Waals surface area contributed by atoms with Crippen LogP contribution < -0.4 is 0 Å². The van der Waals surface area contributed by atoms with Gasteiger partial charge in [0.15, 0.2) is 0 Å². The molecule has 3 heteroatoms. The molecule has 0 aromatic heterocycles. The first kappa shape index (κ1) is 15.1. The van der Waals surface area contributed by atoms with Crippen molar-refractivity contribution >= 4 is 12.6 Å². The van der Waals surface area contributed by atoms with Gasteiger partial charge in [-0.2, -0.15) is 17.9 Å². The zero-order chi connectivity index (χ0) is 13.4. The molecular formula is C15H22N2S. The van der Waals surface area contributed by atoms with E-state index in [2.05, 4.69) is 54.8 Å². The van der Waals surface area contributed by atoms with Crippen LogP contribution in [0.1, 0.15) is 25.3 Å². The van der Waals surface area contributed by atoms with Crippen molar-refractivity contribution in [2.75, 3.05) is 25.4 Å². The maximum atomic E-state index is 8.90. The van der Waals surface area contributed by atoms with Crippen molar-refractivity contribution in [1.82, 2.24) is 4.90 Å². The van der Waals surface area contributed by atoms with Gasteiger partial charge in [0.05, 0.1) is 12.0 Å². The molecule has 0 saturated carbocycles. The lowest BCUT2D eigenvalue weighted by Crippen LogP contribution is -2.32. The van der Waals surface area contributed by atoms with Crippen LogP contribution in [0.2, 0.25) is 0 Å². The molecule has 0 spiro atoms. The molecule has 0 heterocycles. The Morgan fingerprint density at radius 1 is 1.28 bits per heavy atom. The first-order chi connectivity index (χ1) is 8.71. The van der Waals surface area contributed by atoms with Crippen molar-refractivity contribution in [2.45, 2.75) is 19.8 Å². The number of rotatable bonds is 7. The van der Waals surface area contributed by atoms with E-state index in [1.165, 1.54) is 5.56 Å². The van der Waals surface area contributed by atoms with Crippen LogP contribution in [0.25, 0.3) is 0 Å². The highest BCUT2D eigenvalue weighted by Gasteiger charge is 2.15. The average molecular weight is 262 g/mol. The Balaban J connectivity index is 2.64. The number of hydrogen-bond donors (Lipinski definition) is 1. The Labute approximate surface area is 116 Å². The topological polar surface area (TPSA) is 27.0 Å². The molecule has 0 bridgehead atoms. The fourth-order valence-corrected chi connectivity index (χ4v) is 2.39. The third-order valence-electron chi connectivity index (χ3n) is 3.17. The van der Waals surface area contributed by atoms with Crippen LogP contribution in [-0.2, 0) is 0 Å². The summed E-state index contributed by atoms with van der Waals surface area (Å²) in [5, 5.41) is 8.90. The van der Waals surface area contributed by atoms with Crippen molar-refractivity contribution < 1.29 is 0 Å². The molecule has 1 rings (SSSR count). The molecule has 0 N–H and O–H groups in total. The zero-order valence-corrected chi connectivity index (χ0v) is 12.1. The lowest BCUT2D eigenvalue weighted by atomic mass is 10.00. The number of thiol groups is 1. The maximum Gasteiger partial charge on any atom is 0.0666 e. The number of hydrogen-bond acceptors (Lipinski definition) is 3. The van der Waals surface area contributed by atoms with Gasteiger partial charge in [-0.3, -0.25) is 0 Å². The number of nitrogens with zero attached hydrogens (tertiary/aromatic N) is 2. The van der Waals surface area contributed by atoms with Crippen LogP contribution in [-0.4, -0.2) is 30.3 Å². The van der Waals surface area contributed by atoms with Crippen LogP contribution in [0.4, 0.5) is 0 Å². The Kier molecular flexibility index (Phi) is 6.85. The Hall–Kier alpha value is -0.980. The van der Waals surface area contributed by atoms with Gasteiger partial charge in [-0.05, 0) is 24.8 Å². The van der Waals surface area contributed by atoms with Gasteiger partial charge in [-0.15, -0.1) is 0 Å². The Morgan fingerprint density at radius 2 is 1.94 bits per heavy atom. The van der Waals surface area contributed by atoms with Crippen LogP contribution in [0.15, 0.2) is 30.3 Å². The number of likely N-dealkylation sites (N-methyl/N-ethyl adjacent to an activating group) is 1. The normalized spacial score (nSPS) is 14.2. The smallest absolute Gasteiger partial charge is 0.0666 e. The predicted molar refractivity (Wildman–Crippen MR) is 79.9 cm³/mol. The Morgan fingerprint density at radius 3 is 2.44 bits per heavy atom. The van der Waals surface area contributed by atoms with Gasteiger partial charge < -0.3 is 4.90 Å². The second-order valence-corrected chi connectivity index (χ2v) is 5.04. The standard InChI is InChI=1S/C15H22N2S/c1-3-17(10-13(2)9-16)11-15(12-18)14-7-5-4-6-8-14/h4-8,13,15,18H,3,10-12H2,1-2H3. The van der Waals surface area contributed by atoms with E-state index in [9.17, 15) is 0 Å². The molecule has 1 aromatic carbocycles. The quantitative estimate of drug-likeness (QED) is 0.764. The molecule has 98 valence electrons. The zero-order valence-electron chi connectivity index (χ0n) is 11.2. The van der Waals surface area contributed by atoms with E-state index < -0.39 is 0 Å². The van der Waals surface area contributed by atoms with Crippen molar-refractivity contribution in [1.29, 1.82) is 5.26 Å². The van der Waals surface area contributed by atoms with E-state index in [4.69, 9.17) is 5.26 Å². The minimum atomic E-state index is 0.0845. The predicted octanol–water partition coefficient (Wildman–Crippen LogP) is 3.18. The SMILES string of the molecule is CCN(CC(C)C#N)CC(CS)c1ccccc1. The van der Waals surface area contributed by atoms with Crippen LogP contribution in [0, 0.1) is 17.2 Å².